The Morgan fingerprint density at radius 3 is 2.36 bits per heavy atom. The van der Waals surface area contributed by atoms with E-state index in [1.54, 1.807) is 0 Å². The molecule has 0 unspecified atom stereocenters. The molecule has 1 aromatic heterocycles. The van der Waals surface area contributed by atoms with Gasteiger partial charge in [-0.1, -0.05) is 20.8 Å². The number of furan rings is 1. The molecule has 0 saturated carbocycles. The lowest BCUT2D eigenvalue weighted by Crippen LogP contribution is -2.17. The third-order valence-electron chi connectivity index (χ3n) is 1.93. The van der Waals surface area contributed by atoms with Crippen LogP contribution in [0.1, 0.15) is 43.2 Å². The zero-order chi connectivity index (χ0) is 10.9. The van der Waals surface area contributed by atoms with Gasteiger partial charge in [-0.25, -0.2) is 4.79 Å². The second-order valence-corrected chi connectivity index (χ2v) is 4.28. The summed E-state index contributed by atoms with van der Waals surface area (Å²) in [6.45, 7) is 5.54. The van der Waals surface area contributed by atoms with Gasteiger partial charge >= 0.3 is 5.97 Å². The van der Waals surface area contributed by atoms with E-state index in [0.29, 0.717) is 0 Å². The Morgan fingerprint density at radius 2 is 2.00 bits per heavy atom. The molecule has 4 heteroatoms. The zero-order valence-electron chi connectivity index (χ0n) is 8.44. The van der Waals surface area contributed by atoms with Crippen LogP contribution in [-0.2, 0) is 0 Å². The first-order chi connectivity index (χ1) is 6.32. The molecule has 0 aliphatic rings. The Hall–Kier alpha value is -1.29. The first-order valence-electron chi connectivity index (χ1n) is 4.33. The van der Waals surface area contributed by atoms with Crippen LogP contribution in [0.25, 0.3) is 0 Å². The highest BCUT2D eigenvalue weighted by Gasteiger charge is 2.27. The number of carbonyl (C=O) groups is 1. The van der Waals surface area contributed by atoms with E-state index in [-0.39, 0.29) is 16.9 Å². The topological polar surface area (TPSA) is 70.7 Å². The summed E-state index contributed by atoms with van der Waals surface area (Å²) in [4.78, 5) is 10.5. The smallest absolute Gasteiger partial charge is 0.371 e. The minimum absolute atomic E-state index is 0.150. The first kappa shape index (κ1) is 10.8. The lowest BCUT2D eigenvalue weighted by molar-refractivity contribution is 0.0401. The fourth-order valence-corrected chi connectivity index (χ4v) is 1.04. The highest BCUT2D eigenvalue weighted by atomic mass is 16.4. The average molecular weight is 198 g/mol. The molecule has 0 saturated heterocycles. The number of rotatable bonds is 2. The van der Waals surface area contributed by atoms with Crippen LogP contribution < -0.4 is 0 Å². The number of carboxylic acid groups (broad SMARTS) is 1. The molecule has 1 aromatic rings. The fraction of sp³-hybridized carbons (Fsp3) is 0.500. The SMILES string of the molecule is CC(C)(C)[C@H](O)c1ccc(C(=O)O)o1. The minimum atomic E-state index is -1.13. The number of aliphatic hydroxyl groups is 1. The van der Waals surface area contributed by atoms with Crippen molar-refractivity contribution in [2.45, 2.75) is 26.9 Å². The van der Waals surface area contributed by atoms with E-state index in [9.17, 15) is 9.90 Å². The molecule has 0 aliphatic heterocycles. The summed E-state index contributed by atoms with van der Waals surface area (Å²) in [6.07, 6.45) is -0.796. The van der Waals surface area contributed by atoms with Gasteiger partial charge < -0.3 is 14.6 Å². The summed E-state index contributed by atoms with van der Waals surface area (Å²) in [5.41, 5.74) is -0.367. The molecule has 0 amide bonds. The molecule has 0 aromatic carbocycles. The molecule has 0 fully saturated rings. The summed E-state index contributed by atoms with van der Waals surface area (Å²) >= 11 is 0. The number of aliphatic hydroxyl groups excluding tert-OH is 1. The molecule has 0 radical (unpaired) electrons. The Bertz CT molecular complexity index is 332. The molecule has 78 valence electrons. The summed E-state index contributed by atoms with van der Waals surface area (Å²) in [7, 11) is 0. The van der Waals surface area contributed by atoms with Crippen molar-refractivity contribution < 1.29 is 19.4 Å². The summed E-state index contributed by atoms with van der Waals surface area (Å²) in [6, 6.07) is 2.83. The molecular weight excluding hydrogens is 184 g/mol. The first-order valence-corrected chi connectivity index (χ1v) is 4.33. The molecule has 1 rings (SSSR count). The van der Waals surface area contributed by atoms with E-state index in [0.717, 1.165) is 0 Å². The lowest BCUT2D eigenvalue weighted by Gasteiger charge is -2.23. The van der Waals surface area contributed by atoms with Gasteiger partial charge in [-0.15, -0.1) is 0 Å². The predicted molar refractivity (Wildman–Crippen MR) is 50.1 cm³/mol. The van der Waals surface area contributed by atoms with Crippen molar-refractivity contribution in [1.82, 2.24) is 0 Å². The van der Waals surface area contributed by atoms with Crippen LogP contribution in [0, 0.1) is 5.41 Å². The predicted octanol–water partition coefficient (Wildman–Crippen LogP) is 2.06. The maximum atomic E-state index is 10.5. The van der Waals surface area contributed by atoms with Gasteiger partial charge in [0.1, 0.15) is 11.9 Å². The number of aromatic carboxylic acids is 1. The van der Waals surface area contributed by atoms with E-state index in [2.05, 4.69) is 0 Å². The summed E-state index contributed by atoms with van der Waals surface area (Å²) in [5, 5.41) is 18.4. The fourth-order valence-electron chi connectivity index (χ4n) is 1.04. The van der Waals surface area contributed by atoms with Crippen LogP contribution >= 0.6 is 0 Å². The van der Waals surface area contributed by atoms with Crippen molar-refractivity contribution in [3.63, 3.8) is 0 Å². The maximum Gasteiger partial charge on any atom is 0.371 e. The third kappa shape index (κ3) is 2.14. The molecule has 0 spiro atoms. The standard InChI is InChI=1S/C10H14O4/c1-10(2,3)8(11)6-4-5-7(14-6)9(12)13/h4-5,8,11H,1-3H3,(H,12,13)/t8-/m1/s1. The third-order valence-corrected chi connectivity index (χ3v) is 1.93. The Balaban J connectivity index is 2.92. The second kappa shape index (κ2) is 3.46. The van der Waals surface area contributed by atoms with Gasteiger partial charge in [-0.2, -0.15) is 0 Å². The van der Waals surface area contributed by atoms with Gasteiger partial charge in [-0.05, 0) is 17.5 Å². The Morgan fingerprint density at radius 1 is 1.43 bits per heavy atom. The van der Waals surface area contributed by atoms with E-state index < -0.39 is 12.1 Å². The van der Waals surface area contributed by atoms with Gasteiger partial charge in [0.25, 0.3) is 0 Å². The minimum Gasteiger partial charge on any atom is -0.475 e. The summed E-state index contributed by atoms with van der Waals surface area (Å²) in [5.74, 6) is -0.990. The van der Waals surface area contributed by atoms with E-state index >= 15 is 0 Å². The molecule has 14 heavy (non-hydrogen) atoms. The molecular formula is C10H14O4. The van der Waals surface area contributed by atoms with E-state index in [1.807, 2.05) is 20.8 Å². The largest absolute Gasteiger partial charge is 0.475 e. The van der Waals surface area contributed by atoms with E-state index in [1.165, 1.54) is 12.1 Å². The van der Waals surface area contributed by atoms with Gasteiger partial charge in [0.15, 0.2) is 0 Å². The Kier molecular flexibility index (Phi) is 2.66. The van der Waals surface area contributed by atoms with Crippen LogP contribution in [0.2, 0.25) is 0 Å². The molecule has 2 N–H and O–H groups in total. The van der Waals surface area contributed by atoms with Crippen LogP contribution in [0.15, 0.2) is 16.5 Å². The zero-order valence-corrected chi connectivity index (χ0v) is 8.44. The van der Waals surface area contributed by atoms with Crippen molar-refractivity contribution in [2.75, 3.05) is 0 Å². The van der Waals surface area contributed by atoms with E-state index in [4.69, 9.17) is 9.52 Å². The normalized spacial score (nSPS) is 14.0. The molecule has 0 bridgehead atoms. The van der Waals surface area contributed by atoms with Crippen molar-refractivity contribution in [3.8, 4) is 0 Å². The molecule has 4 nitrogen and oxygen atoms in total. The number of hydrogen-bond donors (Lipinski definition) is 2. The van der Waals surface area contributed by atoms with Crippen LogP contribution in [0.3, 0.4) is 0 Å². The second-order valence-electron chi connectivity index (χ2n) is 4.28. The quantitative estimate of drug-likeness (QED) is 0.763. The van der Waals surface area contributed by atoms with Crippen molar-refractivity contribution >= 4 is 5.97 Å². The summed E-state index contributed by atoms with van der Waals surface area (Å²) < 4.78 is 4.98. The van der Waals surface area contributed by atoms with Crippen molar-refractivity contribution in [1.29, 1.82) is 0 Å². The molecule has 1 atom stereocenters. The van der Waals surface area contributed by atoms with Gasteiger partial charge in [0.2, 0.25) is 5.76 Å². The van der Waals surface area contributed by atoms with Crippen LogP contribution in [0.4, 0.5) is 0 Å². The van der Waals surface area contributed by atoms with Gasteiger partial charge in [-0.3, -0.25) is 0 Å². The van der Waals surface area contributed by atoms with Crippen molar-refractivity contribution in [2.24, 2.45) is 5.41 Å². The molecule has 1 heterocycles. The Labute approximate surface area is 82.2 Å². The maximum absolute atomic E-state index is 10.5. The monoisotopic (exact) mass is 198 g/mol. The molecule has 0 aliphatic carbocycles. The van der Waals surface area contributed by atoms with Crippen LogP contribution in [-0.4, -0.2) is 16.2 Å². The van der Waals surface area contributed by atoms with Gasteiger partial charge in [0.05, 0.1) is 0 Å². The highest BCUT2D eigenvalue weighted by molar-refractivity contribution is 5.84. The van der Waals surface area contributed by atoms with Gasteiger partial charge in [0, 0.05) is 0 Å². The number of carboxylic acids is 1. The van der Waals surface area contributed by atoms with Crippen LogP contribution in [0.5, 0.6) is 0 Å². The highest BCUT2D eigenvalue weighted by Crippen LogP contribution is 2.33. The average Bonchev–Trinajstić information content (AvgIpc) is 2.48. The van der Waals surface area contributed by atoms with Crippen molar-refractivity contribution in [3.05, 3.63) is 23.7 Å². The number of hydrogen-bond acceptors (Lipinski definition) is 3. The lowest BCUT2D eigenvalue weighted by atomic mass is 9.88.